The molecular weight excluding hydrogens is 750 g/mol. The van der Waals surface area contributed by atoms with E-state index in [0.717, 1.165) is 16.7 Å². The molecule has 0 radical (unpaired) electrons. The lowest BCUT2D eigenvalue weighted by molar-refractivity contribution is -0.164. The van der Waals surface area contributed by atoms with Crippen LogP contribution in [0.2, 0.25) is 0 Å². The first-order valence-corrected chi connectivity index (χ1v) is 19.3. The van der Waals surface area contributed by atoms with Gasteiger partial charge in [0.2, 0.25) is 11.8 Å². The number of esters is 1. The quantitative estimate of drug-likeness (QED) is 0.256. The number of cyclic esters (lactones) is 1. The second kappa shape index (κ2) is 15.3. The third-order valence-electron chi connectivity index (χ3n) is 11.6. The van der Waals surface area contributed by atoms with Crippen molar-refractivity contribution in [2.45, 2.75) is 76.0 Å². The molecule has 5 bridgehead atoms. The van der Waals surface area contributed by atoms with Gasteiger partial charge in [0.1, 0.15) is 29.8 Å². The van der Waals surface area contributed by atoms with E-state index in [-0.39, 0.29) is 25.3 Å². The number of anilines is 1. The van der Waals surface area contributed by atoms with Gasteiger partial charge >= 0.3 is 5.97 Å². The van der Waals surface area contributed by atoms with E-state index >= 15 is 9.59 Å². The number of halogens is 1. The van der Waals surface area contributed by atoms with Crippen LogP contribution in [0.25, 0.3) is 0 Å². The first-order chi connectivity index (χ1) is 26.0. The van der Waals surface area contributed by atoms with Gasteiger partial charge in [-0.15, -0.1) is 0 Å². The van der Waals surface area contributed by atoms with E-state index in [0.29, 0.717) is 22.2 Å². The topological polar surface area (TPSA) is 117 Å². The minimum absolute atomic E-state index is 0.123. The van der Waals surface area contributed by atoms with Crippen LogP contribution in [-0.2, 0) is 35.1 Å². The average Bonchev–Trinajstić information content (AvgIpc) is 3.77. The zero-order valence-corrected chi connectivity index (χ0v) is 32.5. The van der Waals surface area contributed by atoms with Crippen molar-refractivity contribution in [3.8, 4) is 0 Å². The Hall–Kier alpha value is -4.58. The summed E-state index contributed by atoms with van der Waals surface area (Å²) in [4.78, 5) is 63.7. The predicted octanol–water partition coefficient (Wildman–Crippen LogP) is 5.59. The van der Waals surface area contributed by atoms with Gasteiger partial charge in [-0.25, -0.2) is 0 Å². The molecule has 3 aromatic rings. The maximum absolute atomic E-state index is 15.5. The SMILES string of the molecule is Cc1cccc(C)c1N1C/C=C\CCC(=O)N(C)[C@H](C)[C@@H](c2ccccc2)OC(=O)[C@@H]2[C@H]3O[C@@]4(C=C3Br)[C@H](C1=O)N([C@@H](CO)Cc1ccccc1)C(=O)[C@@H]24. The molecule has 4 aliphatic rings. The zero-order chi connectivity index (χ0) is 38.3. The number of allylic oxidation sites excluding steroid dienone is 1. The molecule has 4 heterocycles. The molecule has 2 fully saturated rings. The van der Waals surface area contributed by atoms with Crippen molar-refractivity contribution in [3.05, 3.63) is 124 Å². The lowest BCUT2D eigenvalue weighted by Crippen LogP contribution is -2.59. The van der Waals surface area contributed by atoms with Crippen LogP contribution in [0, 0.1) is 25.7 Å². The van der Waals surface area contributed by atoms with E-state index < -0.39 is 72.2 Å². The number of hydrogen-bond donors (Lipinski definition) is 1. The normalized spacial score (nSPS) is 30.0. The van der Waals surface area contributed by atoms with Gasteiger partial charge in [0.15, 0.2) is 0 Å². The van der Waals surface area contributed by atoms with E-state index in [1.807, 2.05) is 112 Å². The number of rotatable bonds is 6. The van der Waals surface area contributed by atoms with Gasteiger partial charge in [-0.05, 0) is 61.9 Å². The average molecular weight is 797 g/mol. The van der Waals surface area contributed by atoms with E-state index in [4.69, 9.17) is 9.47 Å². The molecule has 54 heavy (non-hydrogen) atoms. The number of para-hydroxylation sites is 1. The lowest BCUT2D eigenvalue weighted by Gasteiger charge is -2.39. The molecule has 1 spiro atoms. The van der Waals surface area contributed by atoms with Crippen LogP contribution in [0.5, 0.6) is 0 Å². The smallest absolute Gasteiger partial charge is 0.313 e. The maximum atomic E-state index is 15.5. The third-order valence-corrected chi connectivity index (χ3v) is 12.2. The molecule has 0 aromatic heterocycles. The number of amides is 3. The summed E-state index contributed by atoms with van der Waals surface area (Å²) in [6, 6.07) is 22.0. The number of benzene rings is 3. The molecule has 0 aliphatic carbocycles. The number of hydrogen-bond acceptors (Lipinski definition) is 7. The largest absolute Gasteiger partial charge is 0.455 e. The summed E-state index contributed by atoms with van der Waals surface area (Å²) in [6.07, 6.45) is 4.72. The number of aliphatic hydroxyl groups is 1. The molecule has 3 aromatic carbocycles. The molecule has 10 nitrogen and oxygen atoms in total. The summed E-state index contributed by atoms with van der Waals surface area (Å²) in [5.41, 5.74) is 2.46. The van der Waals surface area contributed by atoms with Crippen LogP contribution in [0.4, 0.5) is 5.69 Å². The molecule has 0 unspecified atom stereocenters. The number of aliphatic hydroxyl groups excluding tert-OH is 1. The summed E-state index contributed by atoms with van der Waals surface area (Å²) in [6.45, 7) is 5.45. The van der Waals surface area contributed by atoms with Crippen molar-refractivity contribution < 1.29 is 33.8 Å². The first kappa shape index (κ1) is 37.7. The third kappa shape index (κ3) is 6.50. The van der Waals surface area contributed by atoms with Crippen molar-refractivity contribution in [3.63, 3.8) is 0 Å². The molecule has 7 rings (SSSR count). The van der Waals surface area contributed by atoms with Crippen LogP contribution in [0.15, 0.2) is 102 Å². The first-order valence-electron chi connectivity index (χ1n) is 18.5. The second-order valence-corrected chi connectivity index (χ2v) is 15.7. The van der Waals surface area contributed by atoms with Gasteiger partial charge < -0.3 is 29.3 Å². The lowest BCUT2D eigenvalue weighted by atomic mass is 9.74. The Morgan fingerprint density at radius 3 is 2.22 bits per heavy atom. The number of likely N-dealkylation sites (N-methyl/N-ethyl adjacent to an activating group) is 1. The van der Waals surface area contributed by atoms with Gasteiger partial charge in [0.25, 0.3) is 5.91 Å². The molecular formula is C43H46BrN3O7. The fraction of sp³-hybridized carbons (Fsp3) is 0.395. The molecule has 0 saturated carbocycles. The van der Waals surface area contributed by atoms with Crippen molar-refractivity contribution in [2.24, 2.45) is 11.8 Å². The van der Waals surface area contributed by atoms with Crippen LogP contribution in [0.1, 0.15) is 48.1 Å². The minimum atomic E-state index is -1.54. The molecule has 3 amide bonds. The Morgan fingerprint density at radius 2 is 1.56 bits per heavy atom. The maximum Gasteiger partial charge on any atom is 0.313 e. The highest BCUT2D eigenvalue weighted by Gasteiger charge is 2.75. The number of aryl methyl sites for hydroxylation is 2. The number of ether oxygens (including phenoxy) is 2. The van der Waals surface area contributed by atoms with Crippen LogP contribution in [0.3, 0.4) is 0 Å². The van der Waals surface area contributed by atoms with Crippen LogP contribution in [-0.4, -0.2) is 88.6 Å². The Kier molecular flexibility index (Phi) is 10.7. The molecule has 11 heteroatoms. The number of carbonyl (C=O) groups excluding carboxylic acids is 4. The molecule has 1 N–H and O–H groups in total. The number of fused-ring (bicyclic) bond motifs is 2. The summed E-state index contributed by atoms with van der Waals surface area (Å²) in [5.74, 6) is -3.88. The Bertz CT molecular complexity index is 1970. The summed E-state index contributed by atoms with van der Waals surface area (Å²) >= 11 is 3.66. The molecule has 8 atom stereocenters. The molecule has 2 saturated heterocycles. The minimum Gasteiger partial charge on any atom is -0.455 e. The number of carbonyl (C=O) groups is 4. The van der Waals surface area contributed by atoms with Gasteiger partial charge in [-0.1, -0.05) is 107 Å². The highest BCUT2D eigenvalue weighted by Crippen LogP contribution is 2.59. The number of nitrogens with zero attached hydrogens (tertiary/aromatic N) is 3. The fourth-order valence-corrected chi connectivity index (χ4v) is 9.55. The monoisotopic (exact) mass is 795 g/mol. The summed E-state index contributed by atoms with van der Waals surface area (Å²) in [7, 11) is 1.70. The summed E-state index contributed by atoms with van der Waals surface area (Å²) in [5, 5.41) is 11.0. The van der Waals surface area contributed by atoms with Crippen molar-refractivity contribution >= 4 is 45.3 Å². The van der Waals surface area contributed by atoms with E-state index in [9.17, 15) is 14.7 Å². The van der Waals surface area contributed by atoms with Gasteiger partial charge in [-0.2, -0.15) is 0 Å². The van der Waals surface area contributed by atoms with Gasteiger partial charge in [0, 0.05) is 30.2 Å². The van der Waals surface area contributed by atoms with E-state index in [1.54, 1.807) is 22.9 Å². The van der Waals surface area contributed by atoms with Crippen LogP contribution >= 0.6 is 15.9 Å². The molecule has 282 valence electrons. The summed E-state index contributed by atoms with van der Waals surface area (Å²) < 4.78 is 13.7. The van der Waals surface area contributed by atoms with E-state index in [2.05, 4.69) is 15.9 Å². The Balaban J connectivity index is 1.40. The zero-order valence-electron chi connectivity index (χ0n) is 30.9. The predicted molar refractivity (Wildman–Crippen MR) is 207 cm³/mol. The van der Waals surface area contributed by atoms with Gasteiger partial charge in [0.05, 0.1) is 24.6 Å². The van der Waals surface area contributed by atoms with Crippen molar-refractivity contribution in [2.75, 3.05) is 25.1 Å². The standard InChI is InChI=1S/C43H46BrN3O7/c1-26-15-14-16-27(2)36(26)46-22-13-7-12-21-33(49)45(4)28(3)37(30-19-10-6-11-20-30)53-42(52)34-35-40(50)47(31(25-48)23-29-17-8-5-9-18-29)39(41(46)51)43(35)24-32(44)38(34)54-43/h5-11,13-20,24,28,31,34-35,37-39,48H,12,21-23,25H2,1-4H3/b13-7-/t28-,31-,34+,35-,37+,38+,39+,43-/m1/s1. The number of likely N-dealkylation sites (tertiary alicyclic amines) is 1. The van der Waals surface area contributed by atoms with Crippen molar-refractivity contribution in [1.29, 1.82) is 0 Å². The van der Waals surface area contributed by atoms with Crippen LogP contribution < -0.4 is 4.90 Å². The van der Waals surface area contributed by atoms with E-state index in [1.165, 1.54) is 4.90 Å². The fourth-order valence-electron chi connectivity index (χ4n) is 8.81. The highest BCUT2D eigenvalue weighted by atomic mass is 79.9. The van der Waals surface area contributed by atoms with Crippen molar-refractivity contribution in [1.82, 2.24) is 9.80 Å². The highest BCUT2D eigenvalue weighted by molar-refractivity contribution is 9.11. The Labute approximate surface area is 324 Å². The second-order valence-electron chi connectivity index (χ2n) is 14.8. The Morgan fingerprint density at radius 1 is 0.889 bits per heavy atom. The van der Waals surface area contributed by atoms with Gasteiger partial charge in [-0.3, -0.25) is 19.2 Å². The molecule has 4 aliphatic heterocycles.